The van der Waals surface area contributed by atoms with Crippen LogP contribution in [0.25, 0.3) is 0 Å². The summed E-state index contributed by atoms with van der Waals surface area (Å²) in [5.41, 5.74) is 1.51. The fraction of sp³-hybridized carbons (Fsp3) is 0.188. The Balaban J connectivity index is 2.05. The lowest BCUT2D eigenvalue weighted by Crippen LogP contribution is -2.29. The molecule has 0 aromatic heterocycles. The van der Waals surface area contributed by atoms with Crippen molar-refractivity contribution >= 4 is 5.78 Å². The summed E-state index contributed by atoms with van der Waals surface area (Å²) in [6.45, 7) is 1.87. The number of ether oxygens (including phenoxy) is 1. The van der Waals surface area contributed by atoms with Gasteiger partial charge in [-0.05, 0) is 17.7 Å². The molecule has 0 unspecified atom stereocenters. The molecule has 0 amide bonds. The fourth-order valence-electron chi connectivity index (χ4n) is 2.43. The lowest BCUT2D eigenvalue weighted by Gasteiger charge is -2.30. The van der Waals surface area contributed by atoms with Crippen molar-refractivity contribution in [1.82, 2.24) is 0 Å². The number of fused-ring (bicyclic) bond motifs is 1. The van der Waals surface area contributed by atoms with Crippen LogP contribution in [0.15, 0.2) is 48.5 Å². The Morgan fingerprint density at radius 1 is 1.11 bits per heavy atom. The quantitative estimate of drug-likeness (QED) is 0.849. The van der Waals surface area contributed by atoms with Crippen LogP contribution in [0.5, 0.6) is 11.5 Å². The topological polar surface area (TPSA) is 46.5 Å². The smallest absolute Gasteiger partial charge is 0.173 e. The maximum Gasteiger partial charge on any atom is 0.173 e. The molecule has 0 bridgehead atoms. The second kappa shape index (κ2) is 4.43. The molecule has 0 radical (unpaired) electrons. The minimum absolute atomic E-state index is 0.0510. The van der Waals surface area contributed by atoms with Crippen LogP contribution >= 0.6 is 0 Å². The van der Waals surface area contributed by atoms with E-state index in [1.807, 2.05) is 37.3 Å². The van der Waals surface area contributed by atoms with Crippen LogP contribution in [0.4, 0.5) is 0 Å². The van der Waals surface area contributed by atoms with Crippen molar-refractivity contribution in [3.63, 3.8) is 0 Å². The Morgan fingerprint density at radius 3 is 2.58 bits per heavy atom. The van der Waals surface area contributed by atoms with Gasteiger partial charge in [-0.1, -0.05) is 37.3 Å². The number of phenols is 1. The van der Waals surface area contributed by atoms with Gasteiger partial charge in [-0.25, -0.2) is 0 Å². The Morgan fingerprint density at radius 2 is 1.84 bits per heavy atom. The summed E-state index contributed by atoms with van der Waals surface area (Å²) in [6, 6.07) is 14.3. The number of carbonyl (C=O) groups excluding carboxylic acids is 1. The molecule has 2 atom stereocenters. The van der Waals surface area contributed by atoms with Gasteiger partial charge in [0.1, 0.15) is 17.6 Å². The van der Waals surface area contributed by atoms with Crippen LogP contribution in [0, 0.1) is 5.92 Å². The third-order valence-electron chi connectivity index (χ3n) is 3.48. The lowest BCUT2D eigenvalue weighted by atomic mass is 9.87. The van der Waals surface area contributed by atoms with E-state index in [1.165, 1.54) is 12.1 Å². The number of ketones is 1. The average molecular weight is 254 g/mol. The summed E-state index contributed by atoms with van der Waals surface area (Å²) in [4.78, 5) is 12.3. The third-order valence-corrected chi connectivity index (χ3v) is 3.48. The number of rotatable bonds is 1. The van der Waals surface area contributed by atoms with Crippen LogP contribution in [0.1, 0.15) is 28.9 Å². The van der Waals surface area contributed by atoms with Gasteiger partial charge < -0.3 is 9.84 Å². The number of phenolic OH excluding ortho intramolecular Hbond substituents is 1. The summed E-state index contributed by atoms with van der Waals surface area (Å²) < 4.78 is 5.90. The van der Waals surface area contributed by atoms with E-state index in [-0.39, 0.29) is 23.6 Å². The first-order chi connectivity index (χ1) is 9.16. The van der Waals surface area contributed by atoms with Crippen molar-refractivity contribution in [3.8, 4) is 11.5 Å². The Labute approximate surface area is 111 Å². The highest BCUT2D eigenvalue weighted by atomic mass is 16.5. The molecule has 1 heterocycles. The van der Waals surface area contributed by atoms with Crippen molar-refractivity contribution in [2.24, 2.45) is 5.92 Å². The van der Waals surface area contributed by atoms with Crippen molar-refractivity contribution in [3.05, 3.63) is 59.7 Å². The van der Waals surface area contributed by atoms with Gasteiger partial charge in [0.05, 0.1) is 11.5 Å². The predicted octanol–water partition coefficient (Wildman–Crippen LogP) is 3.34. The van der Waals surface area contributed by atoms with E-state index < -0.39 is 0 Å². The molecule has 0 fully saturated rings. The zero-order chi connectivity index (χ0) is 13.4. The highest BCUT2D eigenvalue weighted by Gasteiger charge is 2.34. The van der Waals surface area contributed by atoms with Gasteiger partial charge in [-0.2, -0.15) is 0 Å². The highest BCUT2D eigenvalue weighted by molar-refractivity contribution is 6.01. The Kier molecular flexibility index (Phi) is 2.75. The molecule has 0 saturated carbocycles. The molecule has 3 heteroatoms. The second-order valence-corrected chi connectivity index (χ2v) is 4.78. The normalized spacial score (nSPS) is 21.6. The monoisotopic (exact) mass is 254 g/mol. The van der Waals surface area contributed by atoms with Crippen LogP contribution in [0.2, 0.25) is 0 Å². The van der Waals surface area contributed by atoms with Crippen molar-refractivity contribution in [1.29, 1.82) is 0 Å². The van der Waals surface area contributed by atoms with Crippen LogP contribution in [-0.2, 0) is 0 Å². The number of hydrogen-bond acceptors (Lipinski definition) is 3. The zero-order valence-electron chi connectivity index (χ0n) is 10.5. The first kappa shape index (κ1) is 11.8. The number of benzene rings is 2. The Hall–Kier alpha value is -2.29. The van der Waals surface area contributed by atoms with E-state index in [9.17, 15) is 9.90 Å². The Bertz CT molecular complexity index is 619. The van der Waals surface area contributed by atoms with E-state index >= 15 is 0 Å². The molecular formula is C16H14O3. The van der Waals surface area contributed by atoms with Gasteiger partial charge >= 0.3 is 0 Å². The predicted molar refractivity (Wildman–Crippen MR) is 71.4 cm³/mol. The van der Waals surface area contributed by atoms with E-state index in [0.717, 1.165) is 5.56 Å². The molecular weight excluding hydrogens is 240 g/mol. The molecule has 1 aliphatic heterocycles. The van der Waals surface area contributed by atoms with Crippen LogP contribution < -0.4 is 4.74 Å². The summed E-state index contributed by atoms with van der Waals surface area (Å²) >= 11 is 0. The molecule has 2 aromatic rings. The summed E-state index contributed by atoms with van der Waals surface area (Å²) in [7, 11) is 0. The molecule has 1 aliphatic rings. The minimum Gasteiger partial charge on any atom is -0.508 e. The van der Waals surface area contributed by atoms with Gasteiger partial charge in [0, 0.05) is 6.07 Å². The maximum atomic E-state index is 12.3. The van der Waals surface area contributed by atoms with Crippen molar-refractivity contribution in [2.45, 2.75) is 13.0 Å². The minimum atomic E-state index is -0.303. The van der Waals surface area contributed by atoms with Gasteiger partial charge in [-0.15, -0.1) is 0 Å². The third kappa shape index (κ3) is 1.97. The molecule has 0 saturated heterocycles. The van der Waals surface area contributed by atoms with Crippen LogP contribution in [0.3, 0.4) is 0 Å². The van der Waals surface area contributed by atoms with E-state index in [0.29, 0.717) is 11.3 Å². The van der Waals surface area contributed by atoms with Crippen molar-refractivity contribution in [2.75, 3.05) is 0 Å². The molecule has 19 heavy (non-hydrogen) atoms. The first-order valence-corrected chi connectivity index (χ1v) is 6.25. The van der Waals surface area contributed by atoms with Gasteiger partial charge in [0.2, 0.25) is 0 Å². The second-order valence-electron chi connectivity index (χ2n) is 4.78. The molecule has 1 N–H and O–H groups in total. The van der Waals surface area contributed by atoms with E-state index in [4.69, 9.17) is 4.74 Å². The molecule has 3 nitrogen and oxygen atoms in total. The first-order valence-electron chi connectivity index (χ1n) is 6.25. The van der Waals surface area contributed by atoms with Crippen LogP contribution in [-0.4, -0.2) is 10.9 Å². The fourth-order valence-corrected chi connectivity index (χ4v) is 2.43. The molecule has 2 aromatic carbocycles. The highest BCUT2D eigenvalue weighted by Crippen LogP contribution is 2.39. The summed E-state index contributed by atoms with van der Waals surface area (Å²) in [6.07, 6.45) is -0.303. The zero-order valence-corrected chi connectivity index (χ0v) is 10.5. The summed E-state index contributed by atoms with van der Waals surface area (Å²) in [5, 5.41) is 9.51. The van der Waals surface area contributed by atoms with Gasteiger partial charge in [0.15, 0.2) is 5.78 Å². The molecule has 0 spiro atoms. The molecule has 96 valence electrons. The number of hydrogen-bond donors (Lipinski definition) is 1. The van der Waals surface area contributed by atoms with Gasteiger partial charge in [-0.3, -0.25) is 4.79 Å². The standard InChI is InChI=1S/C16H14O3/c1-10-15(18)13-8-7-12(17)9-14(13)19-16(10)11-5-3-2-4-6-11/h2-10,16-17H,1H3/t10-,16-/m1/s1. The average Bonchev–Trinajstić information content (AvgIpc) is 2.43. The van der Waals surface area contributed by atoms with E-state index in [2.05, 4.69) is 0 Å². The SMILES string of the molecule is C[C@@H]1C(=O)c2ccc(O)cc2O[C@H]1c1ccccc1. The lowest BCUT2D eigenvalue weighted by molar-refractivity contribution is 0.0690. The molecule has 0 aliphatic carbocycles. The molecule has 3 rings (SSSR count). The number of Topliss-reactive ketones (excluding diaryl/α,β-unsaturated/α-hetero) is 1. The van der Waals surface area contributed by atoms with E-state index in [1.54, 1.807) is 6.07 Å². The summed E-state index contributed by atoms with van der Waals surface area (Å²) in [5.74, 6) is 0.374. The number of carbonyl (C=O) groups is 1. The van der Waals surface area contributed by atoms with Gasteiger partial charge in [0.25, 0.3) is 0 Å². The maximum absolute atomic E-state index is 12.3. The number of aromatic hydroxyl groups is 1. The largest absolute Gasteiger partial charge is 0.508 e. The van der Waals surface area contributed by atoms with Crippen molar-refractivity contribution < 1.29 is 14.6 Å².